The van der Waals surface area contributed by atoms with Crippen molar-refractivity contribution in [2.75, 3.05) is 6.54 Å². The average Bonchev–Trinajstić information content (AvgIpc) is 2.50. The fourth-order valence-electron chi connectivity index (χ4n) is 1.69. The van der Waals surface area contributed by atoms with Gasteiger partial charge in [-0.2, -0.15) is 5.26 Å². The molecule has 0 radical (unpaired) electrons. The normalized spacial score (nSPS) is 9.38. The lowest BCUT2D eigenvalue weighted by molar-refractivity contribution is 0.303. The summed E-state index contributed by atoms with van der Waals surface area (Å²) in [6.45, 7) is 0.331. The fraction of sp³-hybridized carbons (Fsp3) is 0.125. The van der Waals surface area contributed by atoms with Crippen LogP contribution in [0.1, 0.15) is 16.8 Å². The molecule has 1 aromatic heterocycles. The number of rotatable bonds is 3. The highest BCUT2D eigenvalue weighted by Crippen LogP contribution is 2.18. The molecular weight excluding hydrogens is 269 g/mol. The van der Waals surface area contributed by atoms with Gasteiger partial charge in [-0.1, -0.05) is 17.9 Å². The van der Waals surface area contributed by atoms with Crippen LogP contribution in [0, 0.1) is 29.0 Å². The number of ether oxygens (including phenoxy) is 1. The standard InChI is InChI=1S/C16H12FN3O/c17-14-7-12(3-1-5-18)8-15(9-14)21-11-13-4-2-6-20-16(13)10-19/h2,4,6-9H,5,11,18H2. The zero-order valence-corrected chi connectivity index (χ0v) is 11.1. The molecule has 0 saturated carbocycles. The zero-order chi connectivity index (χ0) is 15.1. The minimum atomic E-state index is -0.444. The van der Waals surface area contributed by atoms with Crippen molar-refractivity contribution in [1.82, 2.24) is 4.98 Å². The maximum absolute atomic E-state index is 13.5. The highest BCUT2D eigenvalue weighted by atomic mass is 19.1. The SMILES string of the molecule is N#Cc1ncccc1COc1cc(F)cc(C#CCN)c1. The Balaban J connectivity index is 2.17. The molecule has 0 unspecified atom stereocenters. The second kappa shape index (κ2) is 7.04. The van der Waals surface area contributed by atoms with Crippen LogP contribution in [0.15, 0.2) is 36.5 Å². The van der Waals surface area contributed by atoms with E-state index in [1.807, 2.05) is 6.07 Å². The molecule has 1 heterocycles. The second-order valence-electron chi connectivity index (χ2n) is 4.09. The van der Waals surface area contributed by atoms with Crippen LogP contribution in [-0.4, -0.2) is 11.5 Å². The van der Waals surface area contributed by atoms with E-state index in [1.54, 1.807) is 18.2 Å². The van der Waals surface area contributed by atoms with E-state index in [-0.39, 0.29) is 18.8 Å². The van der Waals surface area contributed by atoms with Gasteiger partial charge in [0.05, 0.1) is 6.54 Å². The molecular formula is C16H12FN3O. The van der Waals surface area contributed by atoms with Gasteiger partial charge in [-0.3, -0.25) is 0 Å². The zero-order valence-electron chi connectivity index (χ0n) is 11.1. The Bertz CT molecular complexity index is 741. The first kappa shape index (κ1) is 14.5. The Kier molecular flexibility index (Phi) is 4.87. The number of nitriles is 1. The lowest BCUT2D eigenvalue weighted by Gasteiger charge is -2.07. The summed E-state index contributed by atoms with van der Waals surface area (Å²) in [5.41, 5.74) is 6.70. The molecule has 0 bridgehead atoms. The molecule has 0 amide bonds. The summed E-state index contributed by atoms with van der Waals surface area (Å²) < 4.78 is 19.0. The third kappa shape index (κ3) is 4.04. The number of halogens is 1. The smallest absolute Gasteiger partial charge is 0.147 e. The monoisotopic (exact) mass is 281 g/mol. The first-order valence-electron chi connectivity index (χ1n) is 6.19. The van der Waals surface area contributed by atoms with Gasteiger partial charge in [0.15, 0.2) is 0 Å². The van der Waals surface area contributed by atoms with Gasteiger partial charge in [-0.05, 0) is 18.2 Å². The van der Waals surface area contributed by atoms with Crippen molar-refractivity contribution in [3.05, 3.63) is 59.2 Å². The van der Waals surface area contributed by atoms with Crippen LogP contribution >= 0.6 is 0 Å². The first-order valence-corrected chi connectivity index (χ1v) is 6.19. The van der Waals surface area contributed by atoms with E-state index in [0.29, 0.717) is 16.9 Å². The lowest BCUT2D eigenvalue weighted by Crippen LogP contribution is -2.00. The van der Waals surface area contributed by atoms with Gasteiger partial charge >= 0.3 is 0 Å². The summed E-state index contributed by atoms with van der Waals surface area (Å²) in [7, 11) is 0. The molecule has 0 spiro atoms. The molecule has 0 aliphatic carbocycles. The Hall–Kier alpha value is -2.89. The predicted octanol–water partition coefficient (Wildman–Crippen LogP) is 1.98. The van der Waals surface area contributed by atoms with E-state index in [0.717, 1.165) is 0 Å². The van der Waals surface area contributed by atoms with Gasteiger partial charge in [0.25, 0.3) is 0 Å². The first-order chi connectivity index (χ1) is 10.2. The van der Waals surface area contributed by atoms with E-state index in [2.05, 4.69) is 16.8 Å². The van der Waals surface area contributed by atoms with Crippen molar-refractivity contribution in [2.45, 2.75) is 6.61 Å². The summed E-state index contributed by atoms with van der Waals surface area (Å²) in [5, 5.41) is 8.94. The van der Waals surface area contributed by atoms with Crippen LogP contribution in [0.25, 0.3) is 0 Å². The number of hydrogen-bond donors (Lipinski definition) is 1. The summed E-state index contributed by atoms with van der Waals surface area (Å²) in [4.78, 5) is 3.93. The van der Waals surface area contributed by atoms with Gasteiger partial charge in [-0.25, -0.2) is 9.37 Å². The van der Waals surface area contributed by atoms with Crippen LogP contribution in [0.3, 0.4) is 0 Å². The quantitative estimate of drug-likeness (QED) is 0.873. The van der Waals surface area contributed by atoms with Crippen LogP contribution in [0.4, 0.5) is 4.39 Å². The van der Waals surface area contributed by atoms with E-state index in [9.17, 15) is 4.39 Å². The molecule has 4 nitrogen and oxygen atoms in total. The van der Waals surface area contributed by atoms with Crippen molar-refractivity contribution >= 4 is 0 Å². The molecule has 104 valence electrons. The number of nitrogens with two attached hydrogens (primary N) is 1. The predicted molar refractivity (Wildman–Crippen MR) is 75.6 cm³/mol. The molecule has 2 rings (SSSR count). The van der Waals surface area contributed by atoms with E-state index >= 15 is 0 Å². The fourth-order valence-corrected chi connectivity index (χ4v) is 1.69. The number of benzene rings is 1. The highest BCUT2D eigenvalue weighted by molar-refractivity contribution is 5.41. The van der Waals surface area contributed by atoms with Crippen LogP contribution in [-0.2, 0) is 6.61 Å². The van der Waals surface area contributed by atoms with E-state index in [4.69, 9.17) is 15.7 Å². The van der Waals surface area contributed by atoms with Gasteiger partial charge in [0.2, 0.25) is 0 Å². The maximum atomic E-state index is 13.5. The molecule has 0 aliphatic heterocycles. The second-order valence-corrected chi connectivity index (χ2v) is 4.09. The third-order valence-corrected chi connectivity index (χ3v) is 2.60. The number of hydrogen-bond acceptors (Lipinski definition) is 4. The average molecular weight is 281 g/mol. The van der Waals surface area contributed by atoms with E-state index < -0.39 is 5.82 Å². The minimum Gasteiger partial charge on any atom is -0.489 e. The number of nitrogens with zero attached hydrogens (tertiary/aromatic N) is 2. The Morgan fingerprint density at radius 1 is 1.33 bits per heavy atom. The molecule has 2 aromatic rings. The molecule has 0 aliphatic rings. The Morgan fingerprint density at radius 3 is 2.95 bits per heavy atom. The molecule has 2 N–H and O–H groups in total. The van der Waals surface area contributed by atoms with Crippen molar-refractivity contribution in [3.8, 4) is 23.7 Å². The lowest BCUT2D eigenvalue weighted by atomic mass is 10.2. The van der Waals surface area contributed by atoms with Crippen LogP contribution in [0.5, 0.6) is 5.75 Å². The van der Waals surface area contributed by atoms with E-state index in [1.165, 1.54) is 18.3 Å². The molecule has 21 heavy (non-hydrogen) atoms. The largest absolute Gasteiger partial charge is 0.489 e. The van der Waals surface area contributed by atoms with Gasteiger partial charge in [0.1, 0.15) is 29.9 Å². The highest BCUT2D eigenvalue weighted by Gasteiger charge is 2.05. The van der Waals surface area contributed by atoms with Crippen molar-refractivity contribution < 1.29 is 9.13 Å². The topological polar surface area (TPSA) is 71.9 Å². The Morgan fingerprint density at radius 2 is 2.19 bits per heavy atom. The van der Waals surface area contributed by atoms with Gasteiger partial charge < -0.3 is 10.5 Å². The van der Waals surface area contributed by atoms with Crippen LogP contribution in [0.2, 0.25) is 0 Å². The van der Waals surface area contributed by atoms with Gasteiger partial charge in [0, 0.05) is 23.4 Å². The molecule has 1 aromatic carbocycles. The van der Waals surface area contributed by atoms with Crippen molar-refractivity contribution in [3.63, 3.8) is 0 Å². The van der Waals surface area contributed by atoms with Crippen molar-refractivity contribution in [1.29, 1.82) is 5.26 Å². The van der Waals surface area contributed by atoms with Crippen molar-refractivity contribution in [2.24, 2.45) is 5.73 Å². The summed E-state index contributed by atoms with van der Waals surface area (Å²) in [5.74, 6) is 5.29. The minimum absolute atomic E-state index is 0.129. The number of pyridine rings is 1. The molecule has 0 atom stereocenters. The summed E-state index contributed by atoms with van der Waals surface area (Å²) >= 11 is 0. The molecule has 5 heteroatoms. The maximum Gasteiger partial charge on any atom is 0.147 e. The number of aromatic nitrogens is 1. The van der Waals surface area contributed by atoms with Crippen LogP contribution < -0.4 is 10.5 Å². The third-order valence-electron chi connectivity index (χ3n) is 2.60. The summed E-state index contributed by atoms with van der Waals surface area (Å²) in [6.07, 6.45) is 1.53. The molecule has 0 saturated heterocycles. The summed E-state index contributed by atoms with van der Waals surface area (Å²) in [6, 6.07) is 9.61. The Labute approximate surface area is 122 Å². The van der Waals surface area contributed by atoms with Gasteiger partial charge in [-0.15, -0.1) is 0 Å². The molecule has 0 fully saturated rings.